The van der Waals surface area contributed by atoms with E-state index in [4.69, 9.17) is 4.74 Å². The monoisotopic (exact) mass is 322 g/mol. The maximum atomic E-state index is 11.9. The molecular weight excluding hydrogens is 299 g/mol. The molecule has 0 saturated heterocycles. The van der Waals surface area contributed by atoms with Gasteiger partial charge >= 0.3 is 120 Å². The molecule has 3 heteroatoms. The Morgan fingerprint density at radius 1 is 1.26 bits per heavy atom. The number of hydrogen-bond donors (Lipinski definition) is 0. The summed E-state index contributed by atoms with van der Waals surface area (Å²) >= 11 is -0.728. The Morgan fingerprint density at radius 3 is 2.68 bits per heavy atom. The van der Waals surface area contributed by atoms with Gasteiger partial charge in [-0.05, 0) is 0 Å². The van der Waals surface area contributed by atoms with E-state index in [1.54, 1.807) is 0 Å². The first-order valence-corrected chi connectivity index (χ1v) is 12.1. The Labute approximate surface area is 120 Å². The number of Topliss-reactive ketones (excluding diaryl/α,β-unsaturated/α-hetero) is 1. The average molecular weight is 322 g/mol. The molecule has 1 fully saturated rings. The number of hydrogen-bond acceptors (Lipinski definition) is 2. The Kier molecular flexibility index (Phi) is 5.66. The second-order valence-corrected chi connectivity index (χ2v) is 10.9. The van der Waals surface area contributed by atoms with Crippen LogP contribution in [0.3, 0.4) is 0 Å². The fraction of sp³-hybridized carbons (Fsp3) is 0.562. The van der Waals surface area contributed by atoms with Gasteiger partial charge in [0, 0.05) is 0 Å². The Bertz CT molecular complexity index is 402. The van der Waals surface area contributed by atoms with E-state index in [9.17, 15) is 4.79 Å². The molecule has 1 saturated carbocycles. The molecule has 104 valence electrons. The number of ketones is 1. The predicted molar refractivity (Wildman–Crippen MR) is 79.7 cm³/mol. The molecule has 0 aromatic heterocycles. The van der Waals surface area contributed by atoms with Gasteiger partial charge in [-0.3, -0.25) is 0 Å². The summed E-state index contributed by atoms with van der Waals surface area (Å²) in [6.07, 6.45) is 2.84. The van der Waals surface area contributed by atoms with Gasteiger partial charge in [0.2, 0.25) is 0 Å². The standard InChI is InChI=1S/C16H23AsO2/c1-17(2)11-14-10-15(8-9-16(14)18)19-12-13-6-4-3-5-7-13/h3-7,14-15H,8-12H2,1-2H3. The molecular formula is C16H23AsO2. The van der Waals surface area contributed by atoms with E-state index in [-0.39, 0.29) is 12.0 Å². The third-order valence-electron chi connectivity index (χ3n) is 3.63. The summed E-state index contributed by atoms with van der Waals surface area (Å²) in [4.78, 5) is 11.9. The number of rotatable bonds is 5. The molecule has 2 unspecified atom stereocenters. The summed E-state index contributed by atoms with van der Waals surface area (Å²) in [7, 11) is 0. The third kappa shape index (κ3) is 4.78. The zero-order valence-corrected chi connectivity index (χ0v) is 13.7. The molecule has 1 aromatic carbocycles. The zero-order chi connectivity index (χ0) is 13.7. The van der Waals surface area contributed by atoms with Crippen LogP contribution in [0.4, 0.5) is 0 Å². The van der Waals surface area contributed by atoms with Crippen molar-refractivity contribution in [3.63, 3.8) is 0 Å². The molecule has 1 aromatic rings. The van der Waals surface area contributed by atoms with Gasteiger partial charge in [0.05, 0.1) is 0 Å². The van der Waals surface area contributed by atoms with Gasteiger partial charge in [-0.25, -0.2) is 0 Å². The van der Waals surface area contributed by atoms with Gasteiger partial charge in [-0.1, -0.05) is 0 Å². The zero-order valence-electron chi connectivity index (χ0n) is 11.8. The Balaban J connectivity index is 1.83. The number of benzene rings is 1. The molecule has 19 heavy (non-hydrogen) atoms. The van der Waals surface area contributed by atoms with Crippen LogP contribution in [0.2, 0.25) is 16.6 Å². The van der Waals surface area contributed by atoms with Crippen molar-refractivity contribution in [2.45, 2.75) is 48.6 Å². The summed E-state index contributed by atoms with van der Waals surface area (Å²) < 4.78 is 5.99. The van der Waals surface area contributed by atoms with Crippen molar-refractivity contribution in [1.82, 2.24) is 0 Å². The summed E-state index contributed by atoms with van der Waals surface area (Å²) in [5.74, 6) is 0.757. The van der Waals surface area contributed by atoms with Crippen molar-refractivity contribution < 1.29 is 9.53 Å². The fourth-order valence-corrected chi connectivity index (χ4v) is 5.22. The third-order valence-corrected chi connectivity index (χ3v) is 6.09. The maximum absolute atomic E-state index is 11.9. The van der Waals surface area contributed by atoms with E-state index in [1.165, 1.54) is 5.56 Å². The van der Waals surface area contributed by atoms with Crippen molar-refractivity contribution in [3.8, 4) is 0 Å². The second-order valence-electron chi connectivity index (χ2n) is 5.62. The van der Waals surface area contributed by atoms with E-state index < -0.39 is 14.7 Å². The normalized spacial score (nSPS) is 23.8. The van der Waals surface area contributed by atoms with Gasteiger partial charge in [0.15, 0.2) is 0 Å². The topological polar surface area (TPSA) is 26.3 Å². The minimum absolute atomic E-state index is 0.275. The van der Waals surface area contributed by atoms with Gasteiger partial charge in [0.1, 0.15) is 0 Å². The summed E-state index contributed by atoms with van der Waals surface area (Å²) in [5.41, 5.74) is 5.87. The molecule has 1 aliphatic carbocycles. The fourth-order valence-electron chi connectivity index (χ4n) is 2.63. The van der Waals surface area contributed by atoms with E-state index in [0.29, 0.717) is 18.8 Å². The molecule has 2 atom stereocenters. The first-order valence-electron chi connectivity index (χ1n) is 6.98. The first-order chi connectivity index (χ1) is 9.15. The van der Waals surface area contributed by atoms with E-state index in [1.807, 2.05) is 18.2 Å². The van der Waals surface area contributed by atoms with Crippen LogP contribution in [0.1, 0.15) is 24.8 Å². The predicted octanol–water partition coefficient (Wildman–Crippen LogP) is 3.70. The van der Waals surface area contributed by atoms with Crippen LogP contribution in [0.5, 0.6) is 0 Å². The summed E-state index contributed by atoms with van der Waals surface area (Å²) in [6, 6.07) is 10.3. The molecule has 1 aliphatic rings. The molecule has 0 bridgehead atoms. The van der Waals surface area contributed by atoms with Crippen LogP contribution in [-0.4, -0.2) is 26.5 Å². The van der Waals surface area contributed by atoms with E-state index in [2.05, 4.69) is 23.6 Å². The van der Waals surface area contributed by atoms with Crippen LogP contribution < -0.4 is 0 Å². The number of carbonyl (C=O) groups is 1. The molecule has 2 nitrogen and oxygen atoms in total. The van der Waals surface area contributed by atoms with Gasteiger partial charge in [-0.15, -0.1) is 0 Å². The van der Waals surface area contributed by atoms with Crippen LogP contribution in [0, 0.1) is 5.92 Å². The first kappa shape index (κ1) is 14.8. The van der Waals surface area contributed by atoms with Crippen LogP contribution in [-0.2, 0) is 16.1 Å². The Hall–Kier alpha value is -0.592. The SMILES string of the molecule is C[As](C)CC1CC(OCc2ccccc2)CCC1=O. The van der Waals surface area contributed by atoms with Crippen LogP contribution >= 0.6 is 0 Å². The van der Waals surface area contributed by atoms with Crippen LogP contribution in [0.25, 0.3) is 0 Å². The Morgan fingerprint density at radius 2 is 2.00 bits per heavy atom. The van der Waals surface area contributed by atoms with Gasteiger partial charge < -0.3 is 0 Å². The molecule has 0 spiro atoms. The van der Waals surface area contributed by atoms with Crippen molar-refractivity contribution >= 4 is 20.4 Å². The molecule has 0 amide bonds. The van der Waals surface area contributed by atoms with Gasteiger partial charge in [0.25, 0.3) is 0 Å². The quantitative estimate of drug-likeness (QED) is 0.773. The van der Waals surface area contributed by atoms with Crippen molar-refractivity contribution in [2.75, 3.05) is 0 Å². The molecule has 0 N–H and O–H groups in total. The average Bonchev–Trinajstić information content (AvgIpc) is 2.40. The minimum atomic E-state index is -0.728. The number of ether oxygens (including phenoxy) is 1. The number of carbonyl (C=O) groups excluding carboxylic acids is 1. The molecule has 0 radical (unpaired) electrons. The van der Waals surface area contributed by atoms with Gasteiger partial charge in [-0.2, -0.15) is 0 Å². The summed E-state index contributed by atoms with van der Waals surface area (Å²) in [5, 5.41) is 1.15. The second kappa shape index (κ2) is 7.26. The molecule has 0 heterocycles. The molecule has 0 aliphatic heterocycles. The van der Waals surface area contributed by atoms with E-state index >= 15 is 0 Å². The van der Waals surface area contributed by atoms with Crippen LogP contribution in [0.15, 0.2) is 30.3 Å². The van der Waals surface area contributed by atoms with E-state index in [0.717, 1.165) is 18.1 Å². The summed E-state index contributed by atoms with van der Waals surface area (Å²) in [6.45, 7) is 0.673. The van der Waals surface area contributed by atoms with Crippen molar-refractivity contribution in [2.24, 2.45) is 5.92 Å². The van der Waals surface area contributed by atoms with Crippen molar-refractivity contribution in [3.05, 3.63) is 35.9 Å². The van der Waals surface area contributed by atoms with Crippen molar-refractivity contribution in [1.29, 1.82) is 0 Å². The molecule has 2 rings (SSSR count).